The molecule has 0 aliphatic carbocycles. The minimum absolute atomic E-state index is 0.173. The molecule has 1 N–H and O–H groups in total. The van der Waals surface area contributed by atoms with Crippen LogP contribution in [0.1, 0.15) is 18.1 Å². The summed E-state index contributed by atoms with van der Waals surface area (Å²) in [6.45, 7) is 5.15. The molecule has 0 saturated carbocycles. The third kappa shape index (κ3) is 2.59. The summed E-state index contributed by atoms with van der Waals surface area (Å²) < 4.78 is 14.1. The number of aromatic amines is 1. The molecule has 2 heterocycles. The number of rotatable bonds is 4. The van der Waals surface area contributed by atoms with Crippen molar-refractivity contribution in [3.05, 3.63) is 53.7 Å². The summed E-state index contributed by atoms with van der Waals surface area (Å²) in [5.74, 6) is 0.650. The van der Waals surface area contributed by atoms with Crippen molar-refractivity contribution in [2.75, 3.05) is 11.4 Å². The SMILES string of the molecule is CCN(Cc1ccc(C)cc1F)c1ncnc2[nH]ccc12. The van der Waals surface area contributed by atoms with Gasteiger partial charge in [0.15, 0.2) is 0 Å². The molecule has 108 valence electrons. The van der Waals surface area contributed by atoms with Gasteiger partial charge in [-0.15, -0.1) is 0 Å². The van der Waals surface area contributed by atoms with E-state index in [1.165, 1.54) is 6.33 Å². The number of nitrogens with zero attached hydrogens (tertiary/aromatic N) is 3. The number of aromatic nitrogens is 3. The summed E-state index contributed by atoms with van der Waals surface area (Å²) >= 11 is 0. The number of fused-ring (bicyclic) bond motifs is 1. The molecule has 0 unspecified atom stereocenters. The first kappa shape index (κ1) is 13.5. The molecule has 21 heavy (non-hydrogen) atoms. The average Bonchev–Trinajstić information content (AvgIpc) is 2.95. The number of hydrogen-bond donors (Lipinski definition) is 1. The van der Waals surface area contributed by atoms with Crippen LogP contribution in [-0.4, -0.2) is 21.5 Å². The molecular weight excluding hydrogens is 267 g/mol. The first-order valence-corrected chi connectivity index (χ1v) is 6.97. The van der Waals surface area contributed by atoms with Crippen LogP contribution in [0, 0.1) is 12.7 Å². The molecule has 0 saturated heterocycles. The normalized spacial score (nSPS) is 11.0. The molecule has 0 atom stereocenters. The van der Waals surface area contributed by atoms with E-state index >= 15 is 0 Å². The largest absolute Gasteiger partial charge is 0.352 e. The van der Waals surface area contributed by atoms with Gasteiger partial charge in [0.2, 0.25) is 0 Å². The molecule has 0 aliphatic rings. The predicted octanol–water partition coefficient (Wildman–Crippen LogP) is 3.43. The van der Waals surface area contributed by atoms with Crippen LogP contribution in [0.2, 0.25) is 0 Å². The lowest BCUT2D eigenvalue weighted by Crippen LogP contribution is -2.24. The van der Waals surface area contributed by atoms with Gasteiger partial charge in [-0.05, 0) is 31.5 Å². The summed E-state index contributed by atoms with van der Waals surface area (Å²) in [6, 6.07) is 7.27. The number of aryl methyl sites for hydroxylation is 1. The predicted molar refractivity (Wildman–Crippen MR) is 81.7 cm³/mol. The Hall–Kier alpha value is -2.43. The second kappa shape index (κ2) is 5.52. The molecule has 0 fully saturated rings. The van der Waals surface area contributed by atoms with Crippen LogP contribution in [0.15, 0.2) is 36.8 Å². The second-order valence-electron chi connectivity index (χ2n) is 5.05. The Morgan fingerprint density at radius 2 is 2.10 bits per heavy atom. The van der Waals surface area contributed by atoms with Crippen molar-refractivity contribution < 1.29 is 4.39 Å². The number of nitrogens with one attached hydrogen (secondary N) is 1. The zero-order valence-corrected chi connectivity index (χ0v) is 12.1. The third-order valence-corrected chi connectivity index (χ3v) is 3.58. The van der Waals surface area contributed by atoms with Crippen LogP contribution < -0.4 is 4.90 Å². The van der Waals surface area contributed by atoms with Crippen molar-refractivity contribution in [1.82, 2.24) is 15.0 Å². The van der Waals surface area contributed by atoms with Gasteiger partial charge in [-0.2, -0.15) is 0 Å². The van der Waals surface area contributed by atoms with Gasteiger partial charge < -0.3 is 9.88 Å². The number of benzene rings is 1. The van der Waals surface area contributed by atoms with E-state index in [9.17, 15) is 4.39 Å². The van der Waals surface area contributed by atoms with E-state index in [-0.39, 0.29) is 5.82 Å². The Balaban J connectivity index is 1.97. The van der Waals surface area contributed by atoms with Gasteiger partial charge in [-0.1, -0.05) is 12.1 Å². The standard InChI is InChI=1S/C16H17FN4/c1-3-21(9-12-5-4-11(2)8-14(12)17)16-13-6-7-18-15(13)19-10-20-16/h4-8,10H,3,9H2,1-2H3,(H,18,19,20). The molecule has 4 nitrogen and oxygen atoms in total. The van der Waals surface area contributed by atoms with Crippen molar-refractivity contribution in [1.29, 1.82) is 0 Å². The first-order valence-electron chi connectivity index (χ1n) is 6.97. The van der Waals surface area contributed by atoms with E-state index in [1.54, 1.807) is 6.07 Å². The number of halogens is 1. The molecule has 3 rings (SSSR count). The van der Waals surface area contributed by atoms with Crippen molar-refractivity contribution in [3.63, 3.8) is 0 Å². The summed E-state index contributed by atoms with van der Waals surface area (Å²) in [5.41, 5.74) is 2.39. The second-order valence-corrected chi connectivity index (χ2v) is 5.05. The zero-order valence-electron chi connectivity index (χ0n) is 12.1. The van der Waals surface area contributed by atoms with Gasteiger partial charge in [0.05, 0.1) is 5.39 Å². The first-order chi connectivity index (χ1) is 10.2. The molecule has 0 aliphatic heterocycles. The van der Waals surface area contributed by atoms with Crippen LogP contribution >= 0.6 is 0 Å². The van der Waals surface area contributed by atoms with Gasteiger partial charge in [0.25, 0.3) is 0 Å². The van der Waals surface area contributed by atoms with Gasteiger partial charge in [0.1, 0.15) is 23.6 Å². The average molecular weight is 284 g/mol. The Labute approximate surface area is 122 Å². The van der Waals surface area contributed by atoms with Gasteiger partial charge in [0, 0.05) is 24.8 Å². The Kier molecular flexibility index (Phi) is 3.56. The molecule has 5 heteroatoms. The summed E-state index contributed by atoms with van der Waals surface area (Å²) in [7, 11) is 0. The van der Waals surface area contributed by atoms with Crippen molar-refractivity contribution in [2.45, 2.75) is 20.4 Å². The van der Waals surface area contributed by atoms with Crippen LogP contribution in [0.25, 0.3) is 11.0 Å². The minimum Gasteiger partial charge on any atom is -0.352 e. The highest BCUT2D eigenvalue weighted by Crippen LogP contribution is 2.24. The highest BCUT2D eigenvalue weighted by molar-refractivity contribution is 5.87. The van der Waals surface area contributed by atoms with Gasteiger partial charge >= 0.3 is 0 Å². The lowest BCUT2D eigenvalue weighted by Gasteiger charge is -2.22. The van der Waals surface area contributed by atoms with Crippen molar-refractivity contribution in [2.24, 2.45) is 0 Å². The topological polar surface area (TPSA) is 44.8 Å². The molecule has 0 spiro atoms. The summed E-state index contributed by atoms with van der Waals surface area (Å²) in [6.07, 6.45) is 3.37. The zero-order chi connectivity index (χ0) is 14.8. The molecule has 0 amide bonds. The van der Waals surface area contributed by atoms with E-state index in [1.807, 2.05) is 43.1 Å². The Bertz CT molecular complexity index is 766. The fourth-order valence-electron chi connectivity index (χ4n) is 2.43. The maximum Gasteiger partial charge on any atom is 0.142 e. The van der Waals surface area contributed by atoms with E-state index in [0.29, 0.717) is 12.1 Å². The maximum atomic E-state index is 14.1. The molecule has 3 aromatic rings. The number of H-pyrrole nitrogens is 1. The molecule has 0 radical (unpaired) electrons. The quantitative estimate of drug-likeness (QED) is 0.798. The molecule has 1 aromatic carbocycles. The monoisotopic (exact) mass is 284 g/mol. The Morgan fingerprint density at radius 1 is 1.24 bits per heavy atom. The third-order valence-electron chi connectivity index (χ3n) is 3.58. The van der Waals surface area contributed by atoms with Gasteiger partial charge in [-0.3, -0.25) is 0 Å². The minimum atomic E-state index is -0.173. The molecular formula is C16H17FN4. The van der Waals surface area contributed by atoms with Crippen molar-refractivity contribution >= 4 is 16.9 Å². The number of hydrogen-bond acceptors (Lipinski definition) is 3. The van der Waals surface area contributed by atoms with Crippen molar-refractivity contribution in [3.8, 4) is 0 Å². The van der Waals surface area contributed by atoms with Crippen LogP contribution in [0.4, 0.5) is 10.2 Å². The van der Waals surface area contributed by atoms with Crippen LogP contribution in [0.5, 0.6) is 0 Å². The lowest BCUT2D eigenvalue weighted by atomic mass is 10.1. The van der Waals surface area contributed by atoms with Gasteiger partial charge in [-0.25, -0.2) is 14.4 Å². The van der Waals surface area contributed by atoms with Crippen LogP contribution in [-0.2, 0) is 6.54 Å². The van der Waals surface area contributed by atoms with E-state index in [2.05, 4.69) is 15.0 Å². The van der Waals surface area contributed by atoms with E-state index in [4.69, 9.17) is 0 Å². The smallest absolute Gasteiger partial charge is 0.142 e. The molecule has 0 bridgehead atoms. The Morgan fingerprint density at radius 3 is 2.86 bits per heavy atom. The van der Waals surface area contributed by atoms with E-state index in [0.717, 1.165) is 29.0 Å². The highest BCUT2D eigenvalue weighted by atomic mass is 19.1. The highest BCUT2D eigenvalue weighted by Gasteiger charge is 2.14. The van der Waals surface area contributed by atoms with E-state index < -0.39 is 0 Å². The fourth-order valence-corrected chi connectivity index (χ4v) is 2.43. The number of anilines is 1. The summed E-state index contributed by atoms with van der Waals surface area (Å²) in [5, 5.41) is 0.951. The van der Waals surface area contributed by atoms with Crippen LogP contribution in [0.3, 0.4) is 0 Å². The molecule has 2 aromatic heterocycles. The summed E-state index contributed by atoms with van der Waals surface area (Å²) in [4.78, 5) is 13.7. The fraction of sp³-hybridized carbons (Fsp3) is 0.250. The lowest BCUT2D eigenvalue weighted by molar-refractivity contribution is 0.603. The maximum absolute atomic E-state index is 14.1.